The van der Waals surface area contributed by atoms with Crippen LogP contribution in [0.2, 0.25) is 0 Å². The van der Waals surface area contributed by atoms with Crippen LogP contribution in [0.4, 0.5) is 11.4 Å². The lowest BCUT2D eigenvalue weighted by molar-refractivity contribution is 0.0698. The number of carbonyl (C=O) groups is 1. The highest BCUT2D eigenvalue weighted by Gasteiger charge is 2.18. The predicted octanol–water partition coefficient (Wildman–Crippen LogP) is 1.86. The van der Waals surface area contributed by atoms with Gasteiger partial charge in [-0.25, -0.2) is 4.79 Å². The first-order valence-electron chi connectivity index (χ1n) is 6.69. The molecule has 0 radical (unpaired) electrons. The summed E-state index contributed by atoms with van der Waals surface area (Å²) in [6.45, 7) is 5.24. The number of hydrogen-bond acceptors (Lipinski definition) is 4. The predicted molar refractivity (Wildman–Crippen MR) is 76.6 cm³/mol. The van der Waals surface area contributed by atoms with Gasteiger partial charge in [-0.15, -0.1) is 0 Å². The van der Waals surface area contributed by atoms with Crippen molar-refractivity contribution in [1.82, 2.24) is 4.90 Å². The van der Waals surface area contributed by atoms with Gasteiger partial charge in [-0.2, -0.15) is 0 Å². The molecule has 0 spiro atoms. The number of nitrogens with zero attached hydrogens (tertiary/aromatic N) is 1. The average Bonchev–Trinajstić information content (AvgIpc) is 2.90. The average molecular weight is 263 g/mol. The molecule has 1 fully saturated rings. The normalized spacial score (nSPS) is 17.3. The van der Waals surface area contributed by atoms with Crippen molar-refractivity contribution in [3.05, 3.63) is 23.8 Å². The molecule has 1 aromatic rings. The van der Waals surface area contributed by atoms with E-state index in [1.807, 2.05) is 6.07 Å². The van der Waals surface area contributed by atoms with Crippen molar-refractivity contribution >= 4 is 17.3 Å². The third-order valence-corrected chi connectivity index (χ3v) is 3.69. The monoisotopic (exact) mass is 263 g/mol. The van der Waals surface area contributed by atoms with Gasteiger partial charge in [-0.1, -0.05) is 6.07 Å². The van der Waals surface area contributed by atoms with E-state index in [0.717, 1.165) is 19.6 Å². The number of nitrogens with one attached hydrogen (secondary N) is 1. The zero-order valence-electron chi connectivity index (χ0n) is 11.2. The minimum Gasteiger partial charge on any atom is -0.478 e. The van der Waals surface area contributed by atoms with Crippen LogP contribution in [0.15, 0.2) is 18.2 Å². The molecule has 0 saturated carbocycles. The first kappa shape index (κ1) is 13.7. The summed E-state index contributed by atoms with van der Waals surface area (Å²) in [5.41, 5.74) is 7.03. The minimum atomic E-state index is -0.992. The molecule has 19 heavy (non-hydrogen) atoms. The quantitative estimate of drug-likeness (QED) is 0.707. The maximum Gasteiger partial charge on any atom is 0.337 e. The maximum absolute atomic E-state index is 11.0. The van der Waals surface area contributed by atoms with Crippen molar-refractivity contribution in [2.75, 3.05) is 30.7 Å². The summed E-state index contributed by atoms with van der Waals surface area (Å²) in [5.74, 6) is -0.992. The number of aromatic carboxylic acids is 1. The standard InChI is InChI=1S/C14H21N3O2/c1-10(17-7-2-3-8-17)9-16-12-6-4-5-11(13(12)15)14(18)19/h4-6,10,16H,2-3,7-9,15H2,1H3,(H,18,19). The molecule has 4 N–H and O–H groups in total. The van der Waals surface area contributed by atoms with Crippen LogP contribution in [-0.4, -0.2) is 41.7 Å². The lowest BCUT2D eigenvalue weighted by atomic mass is 10.1. The molecule has 1 aliphatic heterocycles. The number of anilines is 2. The molecule has 2 rings (SSSR count). The van der Waals surface area contributed by atoms with E-state index in [0.29, 0.717) is 17.4 Å². The fourth-order valence-electron chi connectivity index (χ4n) is 2.47. The Morgan fingerprint density at radius 2 is 2.16 bits per heavy atom. The van der Waals surface area contributed by atoms with Crippen LogP contribution in [0, 0.1) is 0 Å². The first-order valence-corrected chi connectivity index (χ1v) is 6.69. The van der Waals surface area contributed by atoms with Gasteiger partial charge in [0, 0.05) is 12.6 Å². The van der Waals surface area contributed by atoms with E-state index in [9.17, 15) is 4.79 Å². The van der Waals surface area contributed by atoms with Crippen molar-refractivity contribution < 1.29 is 9.90 Å². The van der Waals surface area contributed by atoms with Crippen LogP contribution < -0.4 is 11.1 Å². The number of rotatable bonds is 5. The maximum atomic E-state index is 11.0. The van der Waals surface area contributed by atoms with Gasteiger partial charge in [0.15, 0.2) is 0 Å². The topological polar surface area (TPSA) is 78.6 Å². The second kappa shape index (κ2) is 5.93. The van der Waals surface area contributed by atoms with Crippen LogP contribution in [0.1, 0.15) is 30.1 Å². The first-order chi connectivity index (χ1) is 9.09. The molecule has 5 nitrogen and oxygen atoms in total. The Balaban J connectivity index is 1.99. The number of nitrogens with two attached hydrogens (primary N) is 1. The number of para-hydroxylation sites is 1. The molecular weight excluding hydrogens is 242 g/mol. The molecule has 0 amide bonds. The summed E-state index contributed by atoms with van der Waals surface area (Å²) in [7, 11) is 0. The van der Waals surface area contributed by atoms with E-state index >= 15 is 0 Å². The summed E-state index contributed by atoms with van der Waals surface area (Å²) in [4.78, 5) is 13.4. The Labute approximate surface area is 113 Å². The fraction of sp³-hybridized carbons (Fsp3) is 0.500. The van der Waals surface area contributed by atoms with Crippen molar-refractivity contribution in [2.24, 2.45) is 0 Å². The second-order valence-corrected chi connectivity index (χ2v) is 5.04. The van der Waals surface area contributed by atoms with Crippen LogP contribution in [0.5, 0.6) is 0 Å². The second-order valence-electron chi connectivity index (χ2n) is 5.04. The molecule has 1 saturated heterocycles. The van der Waals surface area contributed by atoms with E-state index in [-0.39, 0.29) is 5.56 Å². The number of carboxylic acid groups (broad SMARTS) is 1. The molecule has 1 heterocycles. The van der Waals surface area contributed by atoms with Crippen molar-refractivity contribution in [3.8, 4) is 0 Å². The van der Waals surface area contributed by atoms with Gasteiger partial charge in [-0.05, 0) is 45.0 Å². The summed E-state index contributed by atoms with van der Waals surface area (Å²) in [6, 6.07) is 5.48. The summed E-state index contributed by atoms with van der Waals surface area (Å²) in [6.07, 6.45) is 2.53. The molecule has 5 heteroatoms. The third kappa shape index (κ3) is 3.17. The molecular formula is C14H21N3O2. The fourth-order valence-corrected chi connectivity index (χ4v) is 2.47. The number of nitrogen functional groups attached to an aromatic ring is 1. The number of benzene rings is 1. The molecule has 104 valence electrons. The molecule has 0 aliphatic carbocycles. The number of carboxylic acids is 1. The minimum absolute atomic E-state index is 0.152. The Morgan fingerprint density at radius 3 is 2.79 bits per heavy atom. The summed E-state index contributed by atoms with van der Waals surface area (Å²) in [5, 5.41) is 12.3. The number of hydrogen-bond donors (Lipinski definition) is 3. The molecule has 1 aromatic carbocycles. The van der Waals surface area contributed by atoms with Gasteiger partial charge in [0.1, 0.15) is 0 Å². The van der Waals surface area contributed by atoms with Crippen LogP contribution in [0.25, 0.3) is 0 Å². The van der Waals surface area contributed by atoms with Crippen molar-refractivity contribution in [1.29, 1.82) is 0 Å². The van der Waals surface area contributed by atoms with Crippen LogP contribution >= 0.6 is 0 Å². The molecule has 1 aliphatic rings. The Morgan fingerprint density at radius 1 is 1.47 bits per heavy atom. The van der Waals surface area contributed by atoms with Crippen LogP contribution in [0.3, 0.4) is 0 Å². The van der Waals surface area contributed by atoms with Gasteiger partial charge >= 0.3 is 5.97 Å². The highest BCUT2D eigenvalue weighted by Crippen LogP contribution is 2.23. The Kier molecular flexibility index (Phi) is 4.27. The van der Waals surface area contributed by atoms with E-state index in [1.165, 1.54) is 18.9 Å². The molecule has 1 atom stereocenters. The highest BCUT2D eigenvalue weighted by atomic mass is 16.4. The van der Waals surface area contributed by atoms with Gasteiger partial charge in [0.25, 0.3) is 0 Å². The molecule has 1 unspecified atom stereocenters. The largest absolute Gasteiger partial charge is 0.478 e. The van der Waals surface area contributed by atoms with Gasteiger partial charge in [0.2, 0.25) is 0 Å². The van der Waals surface area contributed by atoms with Gasteiger partial charge in [-0.3, -0.25) is 4.90 Å². The van der Waals surface area contributed by atoms with E-state index in [1.54, 1.807) is 6.07 Å². The third-order valence-electron chi connectivity index (χ3n) is 3.69. The van der Waals surface area contributed by atoms with Crippen molar-refractivity contribution in [3.63, 3.8) is 0 Å². The zero-order chi connectivity index (χ0) is 13.8. The Hall–Kier alpha value is -1.75. The summed E-state index contributed by atoms with van der Waals surface area (Å²) < 4.78 is 0. The smallest absolute Gasteiger partial charge is 0.337 e. The van der Waals surface area contributed by atoms with E-state index < -0.39 is 5.97 Å². The van der Waals surface area contributed by atoms with Crippen LogP contribution in [-0.2, 0) is 0 Å². The van der Waals surface area contributed by atoms with Gasteiger partial charge < -0.3 is 16.2 Å². The van der Waals surface area contributed by atoms with E-state index in [2.05, 4.69) is 17.1 Å². The zero-order valence-corrected chi connectivity index (χ0v) is 11.2. The molecule has 0 bridgehead atoms. The van der Waals surface area contributed by atoms with Crippen molar-refractivity contribution in [2.45, 2.75) is 25.8 Å². The molecule has 0 aromatic heterocycles. The van der Waals surface area contributed by atoms with E-state index in [4.69, 9.17) is 10.8 Å². The summed E-state index contributed by atoms with van der Waals surface area (Å²) >= 11 is 0. The lowest BCUT2D eigenvalue weighted by Gasteiger charge is -2.24. The SMILES string of the molecule is CC(CNc1cccc(C(=O)O)c1N)N1CCCC1. The number of likely N-dealkylation sites (tertiary alicyclic amines) is 1. The highest BCUT2D eigenvalue weighted by molar-refractivity contribution is 5.97. The van der Waals surface area contributed by atoms with Gasteiger partial charge in [0.05, 0.1) is 16.9 Å². The lowest BCUT2D eigenvalue weighted by Crippen LogP contribution is -2.35. The Bertz CT molecular complexity index is 456.